The van der Waals surface area contributed by atoms with Gasteiger partial charge in [0.05, 0.1) is 0 Å². The molecule has 2 heterocycles. The third-order valence-electron chi connectivity index (χ3n) is 1.90. The summed E-state index contributed by atoms with van der Waals surface area (Å²) in [4.78, 5) is 11.6. The van der Waals surface area contributed by atoms with Crippen molar-refractivity contribution in [2.75, 3.05) is 11.1 Å². The van der Waals surface area contributed by atoms with Crippen LogP contribution in [0.2, 0.25) is 0 Å². The number of carbonyl (C=O) groups is 1. The van der Waals surface area contributed by atoms with Crippen molar-refractivity contribution in [1.29, 1.82) is 0 Å². The van der Waals surface area contributed by atoms with Crippen LogP contribution in [0.4, 0.5) is 5.13 Å². The Balaban J connectivity index is 1.91. The molecular weight excluding hydrogens is 350 g/mol. The summed E-state index contributed by atoms with van der Waals surface area (Å²) in [5.74, 6) is 1.26. The van der Waals surface area contributed by atoms with Crippen molar-refractivity contribution in [2.24, 2.45) is 0 Å². The summed E-state index contributed by atoms with van der Waals surface area (Å²) >= 11 is 6.14. The van der Waals surface area contributed by atoms with E-state index in [0.29, 0.717) is 15.6 Å². The van der Waals surface area contributed by atoms with Crippen molar-refractivity contribution in [1.82, 2.24) is 10.2 Å². The zero-order valence-corrected chi connectivity index (χ0v) is 13.1. The third kappa shape index (κ3) is 4.48. The average molecular weight is 360 g/mol. The van der Waals surface area contributed by atoms with Gasteiger partial charge >= 0.3 is 0 Å². The highest BCUT2D eigenvalue weighted by Gasteiger charge is 2.06. The Bertz CT molecular complexity index is 594. The molecule has 1 amide bonds. The second-order valence-electron chi connectivity index (χ2n) is 3.27. The molecule has 0 spiro atoms. The van der Waals surface area contributed by atoms with Gasteiger partial charge in [0, 0.05) is 6.08 Å². The van der Waals surface area contributed by atoms with E-state index in [1.807, 2.05) is 6.92 Å². The largest absolute Gasteiger partial charge is 0.450 e. The highest BCUT2D eigenvalue weighted by Crippen LogP contribution is 2.24. The lowest BCUT2D eigenvalue weighted by molar-refractivity contribution is -0.111. The van der Waals surface area contributed by atoms with Gasteiger partial charge in [0.2, 0.25) is 11.0 Å². The smallest absolute Gasteiger partial charge is 0.250 e. The molecule has 100 valence electrons. The average Bonchev–Trinajstić information content (AvgIpc) is 2.97. The Hall–Kier alpha value is -1.12. The van der Waals surface area contributed by atoms with Crippen LogP contribution < -0.4 is 5.32 Å². The first-order chi connectivity index (χ1) is 9.17. The molecule has 0 atom stereocenters. The van der Waals surface area contributed by atoms with Crippen molar-refractivity contribution in [2.45, 2.75) is 11.3 Å². The number of anilines is 1. The van der Waals surface area contributed by atoms with E-state index in [1.165, 1.54) is 17.4 Å². The van der Waals surface area contributed by atoms with Gasteiger partial charge in [-0.25, -0.2) is 0 Å². The van der Waals surface area contributed by atoms with E-state index in [4.69, 9.17) is 4.42 Å². The predicted octanol–water partition coefficient (Wildman–Crippen LogP) is 3.66. The first kappa shape index (κ1) is 14.3. The number of aromatic nitrogens is 2. The molecule has 19 heavy (non-hydrogen) atoms. The Morgan fingerprint density at radius 3 is 3.11 bits per heavy atom. The normalized spacial score (nSPS) is 11.1. The second-order valence-corrected chi connectivity index (χ2v) is 6.54. The molecule has 5 nitrogen and oxygen atoms in total. The van der Waals surface area contributed by atoms with Crippen LogP contribution in [0.3, 0.4) is 0 Å². The minimum absolute atomic E-state index is 0.267. The van der Waals surface area contributed by atoms with Gasteiger partial charge in [0.1, 0.15) is 5.76 Å². The number of rotatable bonds is 5. The molecule has 1 N–H and O–H groups in total. The van der Waals surface area contributed by atoms with Crippen LogP contribution in [0, 0.1) is 0 Å². The highest BCUT2D eigenvalue weighted by molar-refractivity contribution is 9.10. The van der Waals surface area contributed by atoms with Gasteiger partial charge in [0.15, 0.2) is 9.01 Å². The van der Waals surface area contributed by atoms with E-state index < -0.39 is 0 Å². The Morgan fingerprint density at radius 2 is 2.42 bits per heavy atom. The summed E-state index contributed by atoms with van der Waals surface area (Å²) in [7, 11) is 0. The predicted molar refractivity (Wildman–Crippen MR) is 80.4 cm³/mol. The standard InChI is InChI=1S/C11H10BrN3O2S2/c1-2-18-11-15-14-10(19-11)13-9(16)6-4-7-3-5-8(12)17-7/h3-6H,2H2,1H3,(H,13,14,16)/b6-4+. The number of carbonyl (C=O) groups excluding carboxylic acids is 1. The molecule has 2 aromatic rings. The molecule has 0 aliphatic carbocycles. The SMILES string of the molecule is CCSc1nnc(NC(=O)/C=C/c2ccc(Br)o2)s1. The molecule has 0 saturated heterocycles. The highest BCUT2D eigenvalue weighted by atomic mass is 79.9. The van der Waals surface area contributed by atoms with E-state index in [2.05, 4.69) is 31.4 Å². The van der Waals surface area contributed by atoms with Gasteiger partial charge in [-0.15, -0.1) is 10.2 Å². The van der Waals surface area contributed by atoms with Crippen molar-refractivity contribution in [3.63, 3.8) is 0 Å². The number of hydrogen-bond donors (Lipinski definition) is 1. The van der Waals surface area contributed by atoms with Crippen molar-refractivity contribution < 1.29 is 9.21 Å². The molecular formula is C11H10BrN3O2S2. The van der Waals surface area contributed by atoms with Gasteiger partial charge in [-0.05, 0) is 39.9 Å². The summed E-state index contributed by atoms with van der Waals surface area (Å²) in [6, 6.07) is 3.52. The maximum atomic E-state index is 11.6. The minimum Gasteiger partial charge on any atom is -0.450 e. The topological polar surface area (TPSA) is 68.0 Å². The Kier molecular flexibility index (Phi) is 5.17. The second kappa shape index (κ2) is 6.88. The first-order valence-corrected chi connectivity index (χ1v) is 7.97. The number of amides is 1. The van der Waals surface area contributed by atoms with E-state index in [1.54, 1.807) is 30.0 Å². The summed E-state index contributed by atoms with van der Waals surface area (Å²) < 4.78 is 6.71. The molecule has 0 radical (unpaired) electrons. The fourth-order valence-corrected chi connectivity index (χ4v) is 3.14. The van der Waals surface area contributed by atoms with E-state index in [0.717, 1.165) is 10.1 Å². The van der Waals surface area contributed by atoms with Crippen LogP contribution in [0.15, 0.2) is 31.6 Å². The van der Waals surface area contributed by atoms with Crippen LogP contribution in [0.1, 0.15) is 12.7 Å². The maximum absolute atomic E-state index is 11.6. The van der Waals surface area contributed by atoms with Gasteiger partial charge < -0.3 is 4.42 Å². The van der Waals surface area contributed by atoms with Gasteiger partial charge in [0.25, 0.3) is 0 Å². The van der Waals surface area contributed by atoms with Gasteiger partial charge in [-0.1, -0.05) is 30.0 Å². The first-order valence-electron chi connectivity index (χ1n) is 5.38. The molecule has 2 rings (SSSR count). The van der Waals surface area contributed by atoms with Crippen molar-refractivity contribution >= 4 is 56.1 Å². The summed E-state index contributed by atoms with van der Waals surface area (Å²) in [6.45, 7) is 2.04. The van der Waals surface area contributed by atoms with Crippen LogP contribution in [-0.4, -0.2) is 21.9 Å². The van der Waals surface area contributed by atoms with Crippen molar-refractivity contribution in [3.05, 3.63) is 28.6 Å². The monoisotopic (exact) mass is 359 g/mol. The lowest BCUT2D eigenvalue weighted by Crippen LogP contribution is -2.07. The molecule has 0 saturated carbocycles. The quantitative estimate of drug-likeness (QED) is 0.501. The minimum atomic E-state index is -0.267. The molecule has 0 aromatic carbocycles. The van der Waals surface area contributed by atoms with E-state index in [-0.39, 0.29) is 5.91 Å². The zero-order chi connectivity index (χ0) is 13.7. The number of halogens is 1. The molecule has 0 aliphatic rings. The Morgan fingerprint density at radius 1 is 1.58 bits per heavy atom. The van der Waals surface area contributed by atoms with Crippen molar-refractivity contribution in [3.8, 4) is 0 Å². The molecule has 0 unspecified atom stereocenters. The number of hydrogen-bond acceptors (Lipinski definition) is 6. The van der Waals surface area contributed by atoms with E-state index >= 15 is 0 Å². The summed E-state index contributed by atoms with van der Waals surface area (Å²) in [5.41, 5.74) is 0. The molecule has 0 bridgehead atoms. The molecule has 2 aromatic heterocycles. The Labute approximate surface area is 126 Å². The maximum Gasteiger partial charge on any atom is 0.250 e. The van der Waals surface area contributed by atoms with Crippen LogP contribution >= 0.6 is 39.0 Å². The fourth-order valence-electron chi connectivity index (χ4n) is 1.16. The lowest BCUT2D eigenvalue weighted by atomic mass is 10.4. The molecule has 0 fully saturated rings. The number of nitrogens with zero attached hydrogens (tertiary/aromatic N) is 2. The lowest BCUT2D eigenvalue weighted by Gasteiger charge is -1.93. The zero-order valence-electron chi connectivity index (χ0n) is 9.92. The van der Waals surface area contributed by atoms with Gasteiger partial charge in [-0.2, -0.15) is 0 Å². The molecule has 0 aliphatic heterocycles. The van der Waals surface area contributed by atoms with E-state index in [9.17, 15) is 4.79 Å². The number of furan rings is 1. The number of nitrogens with one attached hydrogen (secondary N) is 1. The van der Waals surface area contributed by atoms with Crippen LogP contribution in [-0.2, 0) is 4.79 Å². The van der Waals surface area contributed by atoms with Crippen LogP contribution in [0.5, 0.6) is 0 Å². The van der Waals surface area contributed by atoms with Crippen LogP contribution in [0.25, 0.3) is 6.08 Å². The molecule has 8 heteroatoms. The third-order valence-corrected chi connectivity index (χ3v) is 4.18. The fraction of sp³-hybridized carbons (Fsp3) is 0.182. The number of thioether (sulfide) groups is 1. The summed E-state index contributed by atoms with van der Waals surface area (Å²) in [6.07, 6.45) is 2.97. The summed E-state index contributed by atoms with van der Waals surface area (Å²) in [5, 5.41) is 11.0. The van der Waals surface area contributed by atoms with Gasteiger partial charge in [-0.3, -0.25) is 10.1 Å².